The molecule has 0 saturated carbocycles. The lowest BCUT2D eigenvalue weighted by Crippen LogP contribution is -2.01. The second-order valence-corrected chi connectivity index (χ2v) is 4.39. The monoisotopic (exact) mass is 265 g/mol. The van der Waals surface area contributed by atoms with Crippen molar-refractivity contribution in [3.05, 3.63) is 64.4 Å². The van der Waals surface area contributed by atoms with Crippen LogP contribution in [0.4, 0.5) is 10.1 Å². The summed E-state index contributed by atoms with van der Waals surface area (Å²) in [7, 11) is 0. The Morgan fingerprint density at radius 3 is 2.33 bits per heavy atom. The van der Waals surface area contributed by atoms with Crippen molar-refractivity contribution >= 4 is 17.3 Å². The lowest BCUT2D eigenvalue weighted by molar-refractivity contribution is 0.282. The van der Waals surface area contributed by atoms with Gasteiger partial charge in [0.15, 0.2) is 0 Å². The molecular weight excluding hydrogens is 253 g/mol. The summed E-state index contributed by atoms with van der Waals surface area (Å²) in [4.78, 5) is 0. The Bertz CT molecular complexity index is 528. The molecule has 2 nitrogen and oxygen atoms in total. The van der Waals surface area contributed by atoms with Crippen LogP contribution in [0.2, 0.25) is 5.02 Å². The molecule has 0 aliphatic carbocycles. The van der Waals surface area contributed by atoms with E-state index in [-0.39, 0.29) is 12.4 Å². The van der Waals surface area contributed by atoms with Gasteiger partial charge in [0.05, 0.1) is 12.3 Å². The van der Waals surface area contributed by atoms with E-state index in [1.807, 2.05) is 24.3 Å². The zero-order valence-corrected chi connectivity index (χ0v) is 10.4. The normalized spacial score (nSPS) is 10.4. The van der Waals surface area contributed by atoms with E-state index in [1.165, 1.54) is 6.07 Å². The smallest absolute Gasteiger partial charge is 0.147 e. The summed E-state index contributed by atoms with van der Waals surface area (Å²) < 4.78 is 13.5. The van der Waals surface area contributed by atoms with Crippen LogP contribution < -0.4 is 5.32 Å². The first-order valence-electron chi connectivity index (χ1n) is 5.56. The molecule has 0 amide bonds. The quantitative estimate of drug-likeness (QED) is 0.886. The predicted molar refractivity (Wildman–Crippen MR) is 71.1 cm³/mol. The highest BCUT2D eigenvalue weighted by Gasteiger charge is 2.02. The number of nitrogens with one attached hydrogen (secondary N) is 1. The standard InChI is InChI=1S/C14H13ClFNO/c15-12-5-6-14(13(16)7-12)17-8-10-1-3-11(9-18)4-2-10/h1-7,17-18H,8-9H2. The largest absolute Gasteiger partial charge is 0.392 e. The van der Waals surface area contributed by atoms with Gasteiger partial charge in [0.25, 0.3) is 0 Å². The fourth-order valence-corrected chi connectivity index (χ4v) is 1.75. The van der Waals surface area contributed by atoms with E-state index in [0.717, 1.165) is 11.1 Å². The number of hydrogen-bond donors (Lipinski definition) is 2. The molecule has 0 atom stereocenters. The lowest BCUT2D eigenvalue weighted by Gasteiger charge is -2.08. The van der Waals surface area contributed by atoms with Crippen LogP contribution in [-0.4, -0.2) is 5.11 Å². The average molecular weight is 266 g/mol. The van der Waals surface area contributed by atoms with Crippen LogP contribution in [0.3, 0.4) is 0 Å². The van der Waals surface area contributed by atoms with Gasteiger partial charge in [-0.25, -0.2) is 4.39 Å². The van der Waals surface area contributed by atoms with Crippen molar-refractivity contribution < 1.29 is 9.50 Å². The van der Waals surface area contributed by atoms with Gasteiger partial charge in [-0.05, 0) is 29.3 Å². The fraction of sp³-hybridized carbons (Fsp3) is 0.143. The highest BCUT2D eigenvalue weighted by atomic mass is 35.5. The molecule has 0 radical (unpaired) electrons. The van der Waals surface area contributed by atoms with Crippen molar-refractivity contribution in [1.82, 2.24) is 0 Å². The molecule has 0 aromatic heterocycles. The second kappa shape index (κ2) is 5.85. The van der Waals surface area contributed by atoms with Crippen LogP contribution in [0.25, 0.3) is 0 Å². The maximum Gasteiger partial charge on any atom is 0.147 e. The molecule has 2 aromatic carbocycles. The average Bonchev–Trinajstić information content (AvgIpc) is 2.38. The van der Waals surface area contributed by atoms with Gasteiger partial charge in [0, 0.05) is 11.6 Å². The van der Waals surface area contributed by atoms with Crippen LogP contribution in [-0.2, 0) is 13.2 Å². The molecule has 0 heterocycles. The summed E-state index contributed by atoms with van der Waals surface area (Å²) in [5.41, 5.74) is 2.30. The van der Waals surface area contributed by atoms with E-state index in [9.17, 15) is 4.39 Å². The summed E-state index contributed by atoms with van der Waals surface area (Å²) in [6.07, 6.45) is 0. The molecule has 0 spiro atoms. The molecule has 0 saturated heterocycles. The number of aliphatic hydroxyl groups is 1. The van der Waals surface area contributed by atoms with Crippen LogP contribution in [0.15, 0.2) is 42.5 Å². The molecular formula is C14H13ClFNO. The number of aliphatic hydroxyl groups excluding tert-OH is 1. The SMILES string of the molecule is OCc1ccc(CNc2ccc(Cl)cc2F)cc1. The van der Waals surface area contributed by atoms with Crippen molar-refractivity contribution in [2.75, 3.05) is 5.32 Å². The van der Waals surface area contributed by atoms with Crippen LogP contribution >= 0.6 is 11.6 Å². The summed E-state index contributed by atoms with van der Waals surface area (Å²) in [6, 6.07) is 12.0. The molecule has 18 heavy (non-hydrogen) atoms. The van der Waals surface area contributed by atoms with Crippen molar-refractivity contribution in [3.8, 4) is 0 Å². The third-order valence-electron chi connectivity index (χ3n) is 2.62. The molecule has 4 heteroatoms. The minimum Gasteiger partial charge on any atom is -0.392 e. The van der Waals surface area contributed by atoms with Gasteiger partial charge in [-0.15, -0.1) is 0 Å². The zero-order valence-electron chi connectivity index (χ0n) is 9.66. The van der Waals surface area contributed by atoms with Gasteiger partial charge < -0.3 is 10.4 Å². The number of halogens is 2. The molecule has 0 fully saturated rings. The topological polar surface area (TPSA) is 32.3 Å². The molecule has 0 aliphatic heterocycles. The number of benzene rings is 2. The Kier molecular flexibility index (Phi) is 4.18. The summed E-state index contributed by atoms with van der Waals surface area (Å²) in [5.74, 6) is -0.366. The van der Waals surface area contributed by atoms with Gasteiger partial charge in [-0.1, -0.05) is 35.9 Å². The first-order chi connectivity index (χ1) is 8.69. The molecule has 0 aliphatic rings. The highest BCUT2D eigenvalue weighted by molar-refractivity contribution is 6.30. The molecule has 2 aromatic rings. The maximum atomic E-state index is 13.5. The Hall–Kier alpha value is -1.58. The van der Waals surface area contributed by atoms with Gasteiger partial charge in [-0.3, -0.25) is 0 Å². The summed E-state index contributed by atoms with van der Waals surface area (Å²) >= 11 is 5.68. The molecule has 0 bridgehead atoms. The van der Waals surface area contributed by atoms with Gasteiger partial charge >= 0.3 is 0 Å². The fourth-order valence-electron chi connectivity index (χ4n) is 1.59. The minimum absolute atomic E-state index is 0.0273. The Labute approximate surface area is 110 Å². The Morgan fingerprint density at radius 1 is 1.06 bits per heavy atom. The Morgan fingerprint density at radius 2 is 1.72 bits per heavy atom. The van der Waals surface area contributed by atoms with E-state index >= 15 is 0 Å². The van der Waals surface area contributed by atoms with Crippen LogP contribution in [0, 0.1) is 5.82 Å². The van der Waals surface area contributed by atoms with E-state index in [4.69, 9.17) is 16.7 Å². The minimum atomic E-state index is -0.366. The van der Waals surface area contributed by atoms with Crippen molar-refractivity contribution in [1.29, 1.82) is 0 Å². The number of anilines is 1. The van der Waals surface area contributed by atoms with Gasteiger partial charge in [0.2, 0.25) is 0 Å². The van der Waals surface area contributed by atoms with Crippen molar-refractivity contribution in [3.63, 3.8) is 0 Å². The van der Waals surface area contributed by atoms with E-state index in [2.05, 4.69) is 5.32 Å². The molecule has 2 rings (SSSR count). The van der Waals surface area contributed by atoms with E-state index in [1.54, 1.807) is 12.1 Å². The first-order valence-corrected chi connectivity index (χ1v) is 5.94. The summed E-state index contributed by atoms with van der Waals surface area (Å²) in [6.45, 7) is 0.545. The predicted octanol–water partition coefficient (Wildman–Crippen LogP) is 3.58. The van der Waals surface area contributed by atoms with Crippen molar-refractivity contribution in [2.24, 2.45) is 0 Å². The molecule has 0 unspecified atom stereocenters. The zero-order chi connectivity index (χ0) is 13.0. The second-order valence-electron chi connectivity index (χ2n) is 3.95. The number of rotatable bonds is 4. The van der Waals surface area contributed by atoms with Gasteiger partial charge in [0.1, 0.15) is 5.82 Å². The van der Waals surface area contributed by atoms with Crippen LogP contribution in [0.1, 0.15) is 11.1 Å². The third-order valence-corrected chi connectivity index (χ3v) is 2.85. The highest BCUT2D eigenvalue weighted by Crippen LogP contribution is 2.19. The van der Waals surface area contributed by atoms with E-state index in [0.29, 0.717) is 17.3 Å². The third kappa shape index (κ3) is 3.22. The molecule has 94 valence electrons. The summed E-state index contributed by atoms with van der Waals surface area (Å²) in [5, 5.41) is 12.3. The van der Waals surface area contributed by atoms with Gasteiger partial charge in [-0.2, -0.15) is 0 Å². The molecule has 2 N–H and O–H groups in total. The first kappa shape index (κ1) is 12.9. The van der Waals surface area contributed by atoms with Crippen molar-refractivity contribution in [2.45, 2.75) is 13.2 Å². The Balaban J connectivity index is 2.02. The van der Waals surface area contributed by atoms with Crippen LogP contribution in [0.5, 0.6) is 0 Å². The van der Waals surface area contributed by atoms with E-state index < -0.39 is 0 Å². The maximum absolute atomic E-state index is 13.5. The lowest BCUT2D eigenvalue weighted by atomic mass is 10.1. The number of hydrogen-bond acceptors (Lipinski definition) is 2.